The fourth-order valence-electron chi connectivity index (χ4n) is 2.61. The van der Waals surface area contributed by atoms with Crippen LogP contribution in [0.2, 0.25) is 0 Å². The summed E-state index contributed by atoms with van der Waals surface area (Å²) in [5, 5.41) is 14.6. The number of urea groups is 1. The Balaban J connectivity index is 2.19. The maximum Gasteiger partial charge on any atom is 0.325 e. The summed E-state index contributed by atoms with van der Waals surface area (Å²) in [5.74, 6) is -1.21. The quantitative estimate of drug-likeness (QED) is 0.712. The lowest BCUT2D eigenvalue weighted by Gasteiger charge is -2.28. The van der Waals surface area contributed by atoms with Gasteiger partial charge in [0.05, 0.1) is 6.07 Å². The molecule has 1 heterocycles. The Labute approximate surface area is 160 Å². The highest BCUT2D eigenvalue weighted by molar-refractivity contribution is 9.10. The molecule has 0 unspecified atom stereocenters. The van der Waals surface area contributed by atoms with Crippen molar-refractivity contribution in [3.8, 4) is 6.07 Å². The van der Waals surface area contributed by atoms with E-state index in [1.807, 2.05) is 19.9 Å². The van der Waals surface area contributed by atoms with Crippen molar-refractivity contribution in [2.45, 2.75) is 38.8 Å². The Hall–Kier alpha value is -2.40. The topological polar surface area (TPSA) is 102 Å². The normalized spacial score (nSPS) is 22.0. The second kappa shape index (κ2) is 7.08. The zero-order valence-electron chi connectivity index (χ0n) is 15.1. The zero-order valence-corrected chi connectivity index (χ0v) is 16.7. The predicted octanol–water partition coefficient (Wildman–Crippen LogP) is 2.27. The molecule has 0 aromatic heterocycles. The van der Waals surface area contributed by atoms with Crippen molar-refractivity contribution >= 4 is 33.8 Å². The summed E-state index contributed by atoms with van der Waals surface area (Å²) < 4.78 is 0.774. The van der Waals surface area contributed by atoms with Crippen LogP contribution in [-0.4, -0.2) is 34.8 Å². The standard InChI is InChI=1S/C18H21BrN4O3/c1-11(2)17(3,10-20)21-14(24)9-23-15(25)18(4,22-16(23)26)12-6-5-7-13(19)8-12/h5-8,11H,9H2,1-4H3,(H,21,24)(H,22,26)/t17-,18-/m1/s1. The summed E-state index contributed by atoms with van der Waals surface area (Å²) in [7, 11) is 0. The van der Waals surface area contributed by atoms with Crippen LogP contribution in [0.15, 0.2) is 28.7 Å². The third-order valence-corrected chi connectivity index (χ3v) is 5.26. The average molecular weight is 421 g/mol. The van der Waals surface area contributed by atoms with Crippen LogP contribution in [0.25, 0.3) is 0 Å². The van der Waals surface area contributed by atoms with Crippen molar-refractivity contribution in [2.24, 2.45) is 5.92 Å². The van der Waals surface area contributed by atoms with E-state index in [1.54, 1.807) is 32.0 Å². The van der Waals surface area contributed by atoms with E-state index in [4.69, 9.17) is 0 Å². The largest absolute Gasteiger partial charge is 0.336 e. The lowest BCUT2D eigenvalue weighted by atomic mass is 9.90. The van der Waals surface area contributed by atoms with E-state index in [2.05, 4.69) is 32.6 Å². The molecule has 0 saturated carbocycles. The van der Waals surface area contributed by atoms with Crippen LogP contribution < -0.4 is 10.6 Å². The van der Waals surface area contributed by atoms with E-state index in [0.29, 0.717) is 5.56 Å². The van der Waals surface area contributed by atoms with E-state index < -0.39 is 35.5 Å². The minimum Gasteiger partial charge on any atom is -0.336 e. The monoisotopic (exact) mass is 420 g/mol. The number of carbonyl (C=O) groups is 3. The first-order valence-corrected chi connectivity index (χ1v) is 8.95. The second-order valence-electron chi connectivity index (χ2n) is 6.97. The third-order valence-electron chi connectivity index (χ3n) is 4.76. The molecular formula is C18H21BrN4O3. The molecule has 1 aromatic carbocycles. The average Bonchev–Trinajstić information content (AvgIpc) is 2.79. The van der Waals surface area contributed by atoms with Crippen LogP contribution >= 0.6 is 15.9 Å². The molecule has 0 bridgehead atoms. The molecule has 138 valence electrons. The number of amides is 4. The predicted molar refractivity (Wildman–Crippen MR) is 98.7 cm³/mol. The van der Waals surface area contributed by atoms with Gasteiger partial charge in [0.15, 0.2) is 0 Å². The number of nitriles is 1. The van der Waals surface area contributed by atoms with Crippen LogP contribution in [0.4, 0.5) is 4.79 Å². The Kier molecular flexibility index (Phi) is 5.42. The van der Waals surface area contributed by atoms with Crippen molar-refractivity contribution in [2.75, 3.05) is 6.54 Å². The van der Waals surface area contributed by atoms with Crippen LogP contribution in [0.3, 0.4) is 0 Å². The Bertz CT molecular complexity index is 804. The fraction of sp³-hybridized carbons (Fsp3) is 0.444. The van der Waals surface area contributed by atoms with Crippen molar-refractivity contribution in [1.82, 2.24) is 15.5 Å². The number of nitrogens with one attached hydrogen (secondary N) is 2. The second-order valence-corrected chi connectivity index (χ2v) is 7.89. The first kappa shape index (κ1) is 19.9. The molecule has 1 aromatic rings. The van der Waals surface area contributed by atoms with E-state index >= 15 is 0 Å². The summed E-state index contributed by atoms with van der Waals surface area (Å²) in [5.41, 5.74) is -1.72. The van der Waals surface area contributed by atoms with Gasteiger partial charge in [-0.05, 0) is 37.5 Å². The Morgan fingerprint density at radius 2 is 2.12 bits per heavy atom. The van der Waals surface area contributed by atoms with Gasteiger partial charge in [-0.1, -0.05) is 41.9 Å². The van der Waals surface area contributed by atoms with Gasteiger partial charge in [0.25, 0.3) is 5.91 Å². The van der Waals surface area contributed by atoms with Gasteiger partial charge in [0, 0.05) is 4.47 Å². The number of rotatable bonds is 5. The summed E-state index contributed by atoms with van der Waals surface area (Å²) in [6, 6.07) is 8.48. The van der Waals surface area contributed by atoms with Crippen molar-refractivity contribution in [1.29, 1.82) is 5.26 Å². The van der Waals surface area contributed by atoms with Crippen LogP contribution in [-0.2, 0) is 15.1 Å². The molecule has 2 N–H and O–H groups in total. The minimum absolute atomic E-state index is 0.133. The number of imide groups is 1. The van der Waals surface area contributed by atoms with Crippen LogP contribution in [0, 0.1) is 17.2 Å². The number of carbonyl (C=O) groups excluding carboxylic acids is 3. The number of halogens is 1. The van der Waals surface area contributed by atoms with Crippen LogP contribution in [0.5, 0.6) is 0 Å². The lowest BCUT2D eigenvalue weighted by Crippen LogP contribution is -2.52. The molecule has 1 fully saturated rings. The molecule has 2 atom stereocenters. The van der Waals surface area contributed by atoms with Gasteiger partial charge in [0.1, 0.15) is 17.6 Å². The van der Waals surface area contributed by atoms with Gasteiger partial charge in [-0.25, -0.2) is 4.79 Å². The Morgan fingerprint density at radius 3 is 2.65 bits per heavy atom. The number of benzene rings is 1. The molecule has 8 heteroatoms. The number of hydrogen-bond acceptors (Lipinski definition) is 4. The molecule has 2 rings (SSSR count). The molecule has 1 saturated heterocycles. The van der Waals surface area contributed by atoms with Gasteiger partial charge in [-0.3, -0.25) is 14.5 Å². The first-order valence-electron chi connectivity index (χ1n) is 8.16. The summed E-state index contributed by atoms with van der Waals surface area (Å²) in [6.07, 6.45) is 0. The molecule has 1 aliphatic heterocycles. The molecule has 0 radical (unpaired) electrons. The summed E-state index contributed by atoms with van der Waals surface area (Å²) >= 11 is 3.35. The smallest absolute Gasteiger partial charge is 0.325 e. The zero-order chi connectivity index (χ0) is 19.7. The molecule has 0 aliphatic carbocycles. The minimum atomic E-state index is -1.25. The maximum atomic E-state index is 12.8. The lowest BCUT2D eigenvalue weighted by molar-refractivity contribution is -0.135. The SMILES string of the molecule is CC(C)[C@@](C)(C#N)NC(=O)CN1C(=O)N[C@](C)(c2cccc(Br)c2)C1=O. The fourth-order valence-corrected chi connectivity index (χ4v) is 3.01. The van der Waals surface area contributed by atoms with E-state index in [0.717, 1.165) is 9.37 Å². The molecular weight excluding hydrogens is 400 g/mol. The van der Waals surface area contributed by atoms with E-state index in [9.17, 15) is 19.6 Å². The van der Waals surface area contributed by atoms with Gasteiger partial charge in [0.2, 0.25) is 5.91 Å². The molecule has 1 aliphatic rings. The molecule has 26 heavy (non-hydrogen) atoms. The van der Waals surface area contributed by atoms with Crippen LogP contribution in [0.1, 0.15) is 33.3 Å². The van der Waals surface area contributed by atoms with Gasteiger partial charge in [-0.2, -0.15) is 5.26 Å². The highest BCUT2D eigenvalue weighted by Crippen LogP contribution is 2.30. The number of nitrogens with zero attached hydrogens (tertiary/aromatic N) is 2. The molecule has 7 nitrogen and oxygen atoms in total. The van der Waals surface area contributed by atoms with Gasteiger partial charge < -0.3 is 10.6 Å². The van der Waals surface area contributed by atoms with Crippen molar-refractivity contribution in [3.63, 3.8) is 0 Å². The highest BCUT2D eigenvalue weighted by Gasteiger charge is 2.49. The molecule has 4 amide bonds. The van der Waals surface area contributed by atoms with Gasteiger partial charge >= 0.3 is 6.03 Å². The maximum absolute atomic E-state index is 12.8. The Morgan fingerprint density at radius 1 is 1.46 bits per heavy atom. The van der Waals surface area contributed by atoms with Gasteiger partial charge in [-0.15, -0.1) is 0 Å². The number of hydrogen-bond donors (Lipinski definition) is 2. The van der Waals surface area contributed by atoms with Crippen molar-refractivity contribution < 1.29 is 14.4 Å². The van der Waals surface area contributed by atoms with E-state index in [1.165, 1.54) is 0 Å². The summed E-state index contributed by atoms with van der Waals surface area (Å²) in [4.78, 5) is 38.3. The van der Waals surface area contributed by atoms with E-state index in [-0.39, 0.29) is 5.92 Å². The summed E-state index contributed by atoms with van der Waals surface area (Å²) in [6.45, 7) is 6.37. The highest BCUT2D eigenvalue weighted by atomic mass is 79.9. The van der Waals surface area contributed by atoms with Crippen molar-refractivity contribution in [3.05, 3.63) is 34.3 Å². The third kappa shape index (κ3) is 3.58. The first-order chi connectivity index (χ1) is 12.0. The molecule has 0 spiro atoms.